The Kier molecular flexibility index (Phi) is 12.8. The van der Waals surface area contributed by atoms with Crippen LogP contribution in [0.3, 0.4) is 0 Å². The highest BCUT2D eigenvalue weighted by atomic mass is 127. The van der Waals surface area contributed by atoms with Gasteiger partial charge in [0.05, 0.1) is 13.7 Å². The van der Waals surface area contributed by atoms with Gasteiger partial charge in [0.15, 0.2) is 5.96 Å². The summed E-state index contributed by atoms with van der Waals surface area (Å²) in [5.74, 6) is 2.68. The molecule has 1 aromatic heterocycles. The van der Waals surface area contributed by atoms with Gasteiger partial charge in [0.2, 0.25) is 5.88 Å². The molecule has 1 aromatic carbocycles. The first-order chi connectivity index (χ1) is 14.2. The highest BCUT2D eigenvalue weighted by Crippen LogP contribution is 2.21. The Labute approximate surface area is 196 Å². The fourth-order valence-electron chi connectivity index (χ4n) is 2.82. The molecular weight excluding hydrogens is 495 g/mol. The number of ether oxygens (including phenoxy) is 3. The molecule has 8 heteroatoms. The van der Waals surface area contributed by atoms with Crippen LogP contribution >= 0.6 is 24.0 Å². The normalized spacial score (nSPS) is 11.9. The van der Waals surface area contributed by atoms with Gasteiger partial charge in [-0.25, -0.2) is 4.98 Å². The van der Waals surface area contributed by atoms with Crippen LogP contribution in [0.15, 0.2) is 47.6 Å². The lowest BCUT2D eigenvalue weighted by atomic mass is 9.98. The van der Waals surface area contributed by atoms with Gasteiger partial charge >= 0.3 is 0 Å². The fourth-order valence-corrected chi connectivity index (χ4v) is 2.82. The van der Waals surface area contributed by atoms with Gasteiger partial charge in [0.1, 0.15) is 12.4 Å². The van der Waals surface area contributed by atoms with Crippen LogP contribution in [-0.4, -0.2) is 52.0 Å². The molecule has 0 spiro atoms. The second kappa shape index (κ2) is 14.8. The number of hydrogen-bond donors (Lipinski definition) is 2. The molecule has 30 heavy (non-hydrogen) atoms. The van der Waals surface area contributed by atoms with E-state index < -0.39 is 0 Å². The van der Waals surface area contributed by atoms with Crippen molar-refractivity contribution in [2.75, 3.05) is 41.0 Å². The number of methoxy groups -OCH3 is 2. The molecule has 1 unspecified atom stereocenters. The third kappa shape index (κ3) is 8.74. The van der Waals surface area contributed by atoms with Crippen molar-refractivity contribution in [1.29, 1.82) is 0 Å². The molecule has 166 valence electrons. The molecular formula is C22H33IN4O3. The highest BCUT2D eigenvalue weighted by Gasteiger charge is 2.08. The second-order valence-corrected chi connectivity index (χ2v) is 6.62. The molecule has 0 radical (unpaired) electrons. The maximum Gasteiger partial charge on any atom is 0.218 e. The van der Waals surface area contributed by atoms with Gasteiger partial charge in [0, 0.05) is 39.0 Å². The minimum atomic E-state index is 0. The zero-order valence-electron chi connectivity index (χ0n) is 18.2. The van der Waals surface area contributed by atoms with Crippen molar-refractivity contribution in [3.63, 3.8) is 0 Å². The van der Waals surface area contributed by atoms with Crippen LogP contribution in [0.4, 0.5) is 0 Å². The molecule has 0 aliphatic rings. The van der Waals surface area contributed by atoms with Gasteiger partial charge < -0.3 is 24.8 Å². The molecule has 0 saturated heterocycles. The highest BCUT2D eigenvalue weighted by molar-refractivity contribution is 14.0. The first-order valence-corrected chi connectivity index (χ1v) is 9.82. The van der Waals surface area contributed by atoms with Crippen LogP contribution in [0.1, 0.15) is 30.4 Å². The predicted octanol–water partition coefficient (Wildman–Crippen LogP) is 3.59. The number of guanidine groups is 1. The topological polar surface area (TPSA) is 77.0 Å². The van der Waals surface area contributed by atoms with Gasteiger partial charge in [-0.1, -0.05) is 25.1 Å². The predicted molar refractivity (Wildman–Crippen MR) is 131 cm³/mol. The van der Waals surface area contributed by atoms with Crippen LogP contribution in [0.5, 0.6) is 11.6 Å². The van der Waals surface area contributed by atoms with Crippen molar-refractivity contribution < 1.29 is 14.2 Å². The number of pyridine rings is 1. The Morgan fingerprint density at radius 3 is 2.53 bits per heavy atom. The number of aromatic nitrogens is 1. The van der Waals surface area contributed by atoms with E-state index in [1.807, 2.05) is 24.3 Å². The number of benzene rings is 1. The molecule has 0 fully saturated rings. The molecule has 2 aromatic rings. The molecule has 2 rings (SSSR count). The number of halogens is 1. The number of nitrogens with zero attached hydrogens (tertiary/aromatic N) is 2. The van der Waals surface area contributed by atoms with E-state index in [0.717, 1.165) is 30.2 Å². The van der Waals surface area contributed by atoms with Crippen molar-refractivity contribution in [3.8, 4) is 11.6 Å². The minimum Gasteiger partial charge on any atom is -0.497 e. The maximum absolute atomic E-state index is 5.68. The standard InChI is InChI=1S/C22H32N4O3.HI/c1-17(18-7-9-20(28-4)10-8-18)11-13-25-22(23-2)26-16-19-6-5-12-24-21(19)29-15-14-27-3;/h5-10,12,17H,11,13-16H2,1-4H3,(H2,23,25,26);1H. The van der Waals surface area contributed by atoms with Crippen LogP contribution < -0.4 is 20.1 Å². The summed E-state index contributed by atoms with van der Waals surface area (Å²) >= 11 is 0. The second-order valence-electron chi connectivity index (χ2n) is 6.62. The smallest absolute Gasteiger partial charge is 0.218 e. The SMILES string of the molecule is CN=C(NCCC(C)c1ccc(OC)cc1)NCc1cccnc1OCCOC.I. The first kappa shape index (κ1) is 26.0. The van der Waals surface area contributed by atoms with E-state index in [2.05, 4.69) is 39.7 Å². The first-order valence-electron chi connectivity index (χ1n) is 9.82. The number of hydrogen-bond acceptors (Lipinski definition) is 5. The van der Waals surface area contributed by atoms with Crippen LogP contribution in [0.25, 0.3) is 0 Å². The van der Waals surface area contributed by atoms with E-state index in [9.17, 15) is 0 Å². The lowest BCUT2D eigenvalue weighted by molar-refractivity contribution is 0.143. The van der Waals surface area contributed by atoms with Gasteiger partial charge in [-0.15, -0.1) is 24.0 Å². The maximum atomic E-state index is 5.68. The van der Waals surface area contributed by atoms with E-state index in [-0.39, 0.29) is 24.0 Å². The molecule has 0 amide bonds. The Bertz CT molecular complexity index is 756. The molecule has 0 aliphatic heterocycles. The average Bonchev–Trinajstić information content (AvgIpc) is 2.77. The van der Waals surface area contributed by atoms with Crippen molar-refractivity contribution in [2.24, 2.45) is 4.99 Å². The molecule has 1 heterocycles. The average molecular weight is 528 g/mol. The van der Waals surface area contributed by atoms with E-state index in [1.165, 1.54) is 5.56 Å². The lowest BCUT2D eigenvalue weighted by Gasteiger charge is -2.16. The molecule has 2 N–H and O–H groups in total. The summed E-state index contributed by atoms with van der Waals surface area (Å²) < 4.78 is 15.9. The lowest BCUT2D eigenvalue weighted by Crippen LogP contribution is -2.37. The van der Waals surface area contributed by atoms with Crippen LogP contribution in [-0.2, 0) is 11.3 Å². The van der Waals surface area contributed by atoms with Crippen molar-refractivity contribution in [2.45, 2.75) is 25.8 Å². The summed E-state index contributed by atoms with van der Waals surface area (Å²) in [6.07, 6.45) is 2.71. The zero-order chi connectivity index (χ0) is 20.9. The number of aliphatic imine (C=N–C) groups is 1. The summed E-state index contributed by atoms with van der Waals surface area (Å²) in [5, 5.41) is 6.68. The quantitative estimate of drug-likeness (QED) is 0.201. The van der Waals surface area contributed by atoms with Gasteiger partial charge in [-0.2, -0.15) is 0 Å². The van der Waals surface area contributed by atoms with Crippen LogP contribution in [0.2, 0.25) is 0 Å². The summed E-state index contributed by atoms with van der Waals surface area (Å²) in [5.41, 5.74) is 2.27. The fraction of sp³-hybridized carbons (Fsp3) is 0.455. The summed E-state index contributed by atoms with van der Waals surface area (Å²) in [6.45, 7) is 4.61. The summed E-state index contributed by atoms with van der Waals surface area (Å²) in [6, 6.07) is 12.1. The van der Waals surface area contributed by atoms with Gasteiger partial charge in [0.25, 0.3) is 0 Å². The van der Waals surface area contributed by atoms with Crippen LogP contribution in [0, 0.1) is 0 Å². The number of nitrogens with one attached hydrogen (secondary N) is 2. The zero-order valence-corrected chi connectivity index (χ0v) is 20.5. The molecule has 0 aliphatic carbocycles. The Morgan fingerprint density at radius 2 is 1.87 bits per heavy atom. The van der Waals surface area contributed by atoms with E-state index in [4.69, 9.17) is 14.2 Å². The monoisotopic (exact) mass is 528 g/mol. The number of rotatable bonds is 11. The largest absolute Gasteiger partial charge is 0.497 e. The van der Waals surface area contributed by atoms with E-state index in [0.29, 0.717) is 31.6 Å². The third-order valence-electron chi connectivity index (χ3n) is 4.60. The Morgan fingerprint density at radius 1 is 1.10 bits per heavy atom. The minimum absolute atomic E-state index is 0. The Hall–Kier alpha value is -2.07. The summed E-state index contributed by atoms with van der Waals surface area (Å²) in [4.78, 5) is 8.60. The van der Waals surface area contributed by atoms with Crippen molar-refractivity contribution in [3.05, 3.63) is 53.7 Å². The molecule has 0 saturated carbocycles. The summed E-state index contributed by atoms with van der Waals surface area (Å²) in [7, 11) is 5.10. The Balaban J connectivity index is 0.00000450. The molecule has 7 nitrogen and oxygen atoms in total. The van der Waals surface area contributed by atoms with E-state index >= 15 is 0 Å². The van der Waals surface area contributed by atoms with E-state index in [1.54, 1.807) is 27.5 Å². The van der Waals surface area contributed by atoms with Gasteiger partial charge in [-0.05, 0) is 36.1 Å². The van der Waals surface area contributed by atoms with Crippen molar-refractivity contribution >= 4 is 29.9 Å². The van der Waals surface area contributed by atoms with Gasteiger partial charge in [-0.3, -0.25) is 4.99 Å². The molecule has 1 atom stereocenters. The molecule has 0 bridgehead atoms. The third-order valence-corrected chi connectivity index (χ3v) is 4.60. The van der Waals surface area contributed by atoms with Crippen molar-refractivity contribution in [1.82, 2.24) is 15.6 Å².